The molecule has 2 aromatic rings. The number of ether oxygens (including phenoxy) is 1. The molecule has 1 fully saturated rings. The average Bonchev–Trinajstić information content (AvgIpc) is 2.63. The molecule has 0 atom stereocenters. The maximum absolute atomic E-state index is 12.6. The Morgan fingerprint density at radius 1 is 1.20 bits per heavy atom. The minimum atomic E-state index is -0.149. The Hall–Kier alpha value is -1.36. The summed E-state index contributed by atoms with van der Waals surface area (Å²) in [6, 6.07) is 13.9. The smallest absolute Gasteiger partial charge is 0.252 e. The third kappa shape index (κ3) is 4.25. The van der Waals surface area contributed by atoms with Gasteiger partial charge in [0.2, 0.25) is 0 Å². The van der Waals surface area contributed by atoms with Gasteiger partial charge in [-0.2, -0.15) is 0 Å². The van der Waals surface area contributed by atoms with Gasteiger partial charge in [-0.1, -0.05) is 57.4 Å². The van der Waals surface area contributed by atoms with E-state index in [9.17, 15) is 4.79 Å². The molecule has 1 saturated heterocycles. The molecule has 1 amide bonds. The molecule has 1 heterocycles. The summed E-state index contributed by atoms with van der Waals surface area (Å²) in [6.45, 7) is 4.07. The lowest BCUT2D eigenvalue weighted by atomic mass is 9.74. The summed E-state index contributed by atoms with van der Waals surface area (Å²) in [6.07, 6.45) is 1.78. The van der Waals surface area contributed by atoms with E-state index in [1.807, 2.05) is 6.07 Å². The third-order valence-corrected chi connectivity index (χ3v) is 5.70. The van der Waals surface area contributed by atoms with E-state index >= 15 is 0 Å². The van der Waals surface area contributed by atoms with Gasteiger partial charge in [-0.25, -0.2) is 0 Å². The number of halogens is 2. The number of nitrogens with one attached hydrogen (secondary N) is 1. The Morgan fingerprint density at radius 3 is 2.56 bits per heavy atom. The number of hydrogen-bond donors (Lipinski definition) is 1. The maximum atomic E-state index is 12.6. The first kappa shape index (κ1) is 18.4. The van der Waals surface area contributed by atoms with Gasteiger partial charge >= 0.3 is 0 Å². The summed E-state index contributed by atoms with van der Waals surface area (Å²) in [7, 11) is 0. The minimum absolute atomic E-state index is 0.0971. The molecule has 0 aromatic heterocycles. The summed E-state index contributed by atoms with van der Waals surface area (Å²) >= 11 is 9.57. The molecule has 0 aliphatic carbocycles. The van der Waals surface area contributed by atoms with E-state index in [1.54, 1.807) is 12.1 Å². The van der Waals surface area contributed by atoms with E-state index < -0.39 is 0 Å². The van der Waals surface area contributed by atoms with Crippen molar-refractivity contribution in [2.45, 2.75) is 25.2 Å². The SMILES string of the molecule is Cc1ccc(C2(CNC(=O)c3cc(Br)ccc3Cl)CCOCC2)cc1. The summed E-state index contributed by atoms with van der Waals surface area (Å²) in [5.41, 5.74) is 2.88. The van der Waals surface area contributed by atoms with Crippen LogP contribution in [0.2, 0.25) is 5.02 Å². The van der Waals surface area contributed by atoms with E-state index in [-0.39, 0.29) is 11.3 Å². The Bertz CT molecular complexity index is 755. The van der Waals surface area contributed by atoms with Crippen LogP contribution < -0.4 is 5.32 Å². The van der Waals surface area contributed by atoms with Crippen LogP contribution in [0.5, 0.6) is 0 Å². The topological polar surface area (TPSA) is 38.3 Å². The predicted molar refractivity (Wildman–Crippen MR) is 104 cm³/mol. The zero-order chi connectivity index (χ0) is 17.9. The molecule has 0 spiro atoms. The van der Waals surface area contributed by atoms with Gasteiger partial charge in [0.25, 0.3) is 5.91 Å². The van der Waals surface area contributed by atoms with Crippen LogP contribution in [0.4, 0.5) is 0 Å². The molecular formula is C20H21BrClNO2. The molecule has 0 unspecified atom stereocenters. The van der Waals surface area contributed by atoms with Crippen LogP contribution in [0.3, 0.4) is 0 Å². The number of benzene rings is 2. The second kappa shape index (κ2) is 7.90. The lowest BCUT2D eigenvalue weighted by molar-refractivity contribution is 0.0487. The molecule has 1 aliphatic rings. The Balaban J connectivity index is 1.80. The minimum Gasteiger partial charge on any atom is -0.381 e. The number of carbonyl (C=O) groups excluding carboxylic acids is 1. The fourth-order valence-corrected chi connectivity index (χ4v) is 3.82. The first-order valence-electron chi connectivity index (χ1n) is 8.38. The third-order valence-electron chi connectivity index (χ3n) is 4.87. The van der Waals surface area contributed by atoms with Crippen molar-refractivity contribution in [3.05, 3.63) is 68.7 Å². The van der Waals surface area contributed by atoms with E-state index in [4.69, 9.17) is 16.3 Å². The molecule has 3 nitrogen and oxygen atoms in total. The summed E-state index contributed by atoms with van der Waals surface area (Å²) in [5, 5.41) is 3.55. The van der Waals surface area contributed by atoms with Crippen molar-refractivity contribution in [2.24, 2.45) is 0 Å². The molecule has 1 aliphatic heterocycles. The quantitative estimate of drug-likeness (QED) is 0.762. The molecule has 3 rings (SSSR count). The molecule has 0 radical (unpaired) electrons. The van der Waals surface area contributed by atoms with Crippen LogP contribution in [0.15, 0.2) is 46.9 Å². The maximum Gasteiger partial charge on any atom is 0.252 e. The van der Waals surface area contributed by atoms with Gasteiger partial charge in [0.05, 0.1) is 10.6 Å². The molecule has 1 N–H and O–H groups in total. The standard InChI is InChI=1S/C20H21BrClNO2/c1-14-2-4-15(5-3-14)20(8-10-25-11-9-20)13-23-19(24)17-12-16(21)6-7-18(17)22/h2-7,12H,8-11,13H2,1H3,(H,23,24). The van der Waals surface area contributed by atoms with Gasteiger partial charge in [0.15, 0.2) is 0 Å². The molecule has 5 heteroatoms. The predicted octanol–water partition coefficient (Wildman–Crippen LogP) is 4.89. The first-order valence-corrected chi connectivity index (χ1v) is 9.55. The van der Waals surface area contributed by atoms with Crippen molar-refractivity contribution in [3.8, 4) is 0 Å². The fraction of sp³-hybridized carbons (Fsp3) is 0.350. The van der Waals surface area contributed by atoms with Crippen molar-refractivity contribution >= 4 is 33.4 Å². The lowest BCUT2D eigenvalue weighted by Gasteiger charge is -2.38. The van der Waals surface area contributed by atoms with Crippen LogP contribution in [0.25, 0.3) is 0 Å². The average molecular weight is 423 g/mol. The zero-order valence-corrected chi connectivity index (χ0v) is 16.5. The number of carbonyl (C=O) groups is 1. The van der Waals surface area contributed by atoms with Crippen molar-refractivity contribution in [1.82, 2.24) is 5.32 Å². The molecular weight excluding hydrogens is 402 g/mol. The normalized spacial score (nSPS) is 16.4. The van der Waals surface area contributed by atoms with Gasteiger partial charge in [0.1, 0.15) is 0 Å². The Labute approximate surface area is 161 Å². The van der Waals surface area contributed by atoms with Crippen LogP contribution in [0.1, 0.15) is 34.3 Å². The zero-order valence-electron chi connectivity index (χ0n) is 14.1. The van der Waals surface area contributed by atoms with Crippen molar-refractivity contribution in [1.29, 1.82) is 0 Å². The summed E-state index contributed by atoms with van der Waals surface area (Å²) in [5.74, 6) is -0.149. The fourth-order valence-electron chi connectivity index (χ4n) is 3.25. The first-order chi connectivity index (χ1) is 12.0. The monoisotopic (exact) mass is 421 g/mol. The lowest BCUT2D eigenvalue weighted by Crippen LogP contribution is -2.44. The second-order valence-electron chi connectivity index (χ2n) is 6.57. The van der Waals surface area contributed by atoms with Gasteiger partial charge in [-0.3, -0.25) is 4.79 Å². The van der Waals surface area contributed by atoms with E-state index in [0.717, 1.165) is 17.3 Å². The molecule has 2 aromatic carbocycles. The van der Waals surface area contributed by atoms with Crippen molar-refractivity contribution < 1.29 is 9.53 Å². The van der Waals surface area contributed by atoms with Crippen molar-refractivity contribution in [2.75, 3.05) is 19.8 Å². The van der Waals surface area contributed by atoms with Gasteiger partial charge in [0, 0.05) is 29.6 Å². The van der Waals surface area contributed by atoms with Crippen LogP contribution >= 0.6 is 27.5 Å². The van der Waals surface area contributed by atoms with E-state index in [2.05, 4.69) is 52.4 Å². The number of aryl methyl sites for hydroxylation is 1. The second-order valence-corrected chi connectivity index (χ2v) is 7.89. The molecule has 0 bridgehead atoms. The highest BCUT2D eigenvalue weighted by Gasteiger charge is 2.35. The van der Waals surface area contributed by atoms with Gasteiger partial charge in [-0.15, -0.1) is 0 Å². The highest BCUT2D eigenvalue weighted by Crippen LogP contribution is 2.34. The number of amides is 1. The summed E-state index contributed by atoms with van der Waals surface area (Å²) < 4.78 is 6.39. The highest BCUT2D eigenvalue weighted by molar-refractivity contribution is 9.10. The Morgan fingerprint density at radius 2 is 1.88 bits per heavy atom. The van der Waals surface area contributed by atoms with Gasteiger partial charge in [-0.05, 0) is 43.5 Å². The highest BCUT2D eigenvalue weighted by atomic mass is 79.9. The Kier molecular flexibility index (Phi) is 5.82. The van der Waals surface area contributed by atoms with E-state index in [0.29, 0.717) is 30.3 Å². The molecule has 0 saturated carbocycles. The van der Waals surface area contributed by atoms with Crippen LogP contribution in [-0.4, -0.2) is 25.7 Å². The summed E-state index contributed by atoms with van der Waals surface area (Å²) in [4.78, 5) is 12.6. The van der Waals surface area contributed by atoms with Crippen LogP contribution in [0, 0.1) is 6.92 Å². The van der Waals surface area contributed by atoms with Crippen LogP contribution in [-0.2, 0) is 10.2 Å². The molecule has 132 valence electrons. The number of rotatable bonds is 4. The number of hydrogen-bond acceptors (Lipinski definition) is 2. The van der Waals surface area contributed by atoms with E-state index in [1.165, 1.54) is 11.1 Å². The molecule has 25 heavy (non-hydrogen) atoms. The largest absolute Gasteiger partial charge is 0.381 e. The van der Waals surface area contributed by atoms with Crippen molar-refractivity contribution in [3.63, 3.8) is 0 Å². The van der Waals surface area contributed by atoms with Gasteiger partial charge < -0.3 is 10.1 Å².